The van der Waals surface area contributed by atoms with Gasteiger partial charge in [0.05, 0.1) is 5.69 Å². The summed E-state index contributed by atoms with van der Waals surface area (Å²) in [7, 11) is 0. The maximum atomic E-state index is 5.87. The van der Waals surface area contributed by atoms with Gasteiger partial charge in [-0.3, -0.25) is 4.90 Å². The van der Waals surface area contributed by atoms with Crippen LogP contribution in [0.15, 0.2) is 0 Å². The highest BCUT2D eigenvalue weighted by Gasteiger charge is 2.14. The lowest BCUT2D eigenvalue weighted by Crippen LogP contribution is -2.43. The Bertz CT molecular complexity index is 284. The third-order valence-electron chi connectivity index (χ3n) is 2.61. The number of piperazine rings is 1. The molecule has 3 N–H and O–H groups in total. The number of aryl methyl sites for hydroxylation is 1. The van der Waals surface area contributed by atoms with E-state index in [4.69, 9.17) is 5.73 Å². The van der Waals surface area contributed by atoms with Crippen LogP contribution in [-0.2, 0) is 6.54 Å². The Hall–Kier alpha value is -0.650. The molecule has 0 amide bonds. The normalized spacial score (nSPS) is 18.6. The van der Waals surface area contributed by atoms with E-state index in [1.165, 1.54) is 17.1 Å². The molecule has 5 heteroatoms. The molecule has 1 fully saturated rings. The fourth-order valence-corrected chi connectivity index (χ4v) is 2.36. The van der Waals surface area contributed by atoms with Crippen molar-refractivity contribution < 1.29 is 0 Å². The Morgan fingerprint density at radius 2 is 2.21 bits per heavy atom. The molecule has 1 aromatic rings. The number of anilines is 1. The zero-order chi connectivity index (χ0) is 9.97. The summed E-state index contributed by atoms with van der Waals surface area (Å²) in [5, 5.41) is 4.21. The van der Waals surface area contributed by atoms with Gasteiger partial charge in [-0.05, 0) is 18.5 Å². The van der Waals surface area contributed by atoms with Crippen molar-refractivity contribution in [2.75, 3.05) is 31.9 Å². The lowest BCUT2D eigenvalue weighted by molar-refractivity contribution is 0.233. The van der Waals surface area contributed by atoms with Gasteiger partial charge in [0, 0.05) is 38.3 Å². The number of nitrogens with one attached hydrogen (secondary N) is 1. The molecule has 0 bridgehead atoms. The molecule has 0 radical (unpaired) electrons. The summed E-state index contributed by atoms with van der Waals surface area (Å²) in [6.07, 6.45) is 0. The third-order valence-corrected chi connectivity index (χ3v) is 3.41. The van der Waals surface area contributed by atoms with Crippen LogP contribution in [0, 0.1) is 6.92 Å². The Balaban J connectivity index is 2.02. The molecule has 78 valence electrons. The highest BCUT2D eigenvalue weighted by atomic mass is 32.1. The second kappa shape index (κ2) is 4.25. The minimum atomic E-state index is 0.876. The van der Waals surface area contributed by atoms with E-state index in [0.29, 0.717) is 0 Å². The van der Waals surface area contributed by atoms with Crippen LogP contribution in [0.5, 0.6) is 0 Å². The van der Waals surface area contributed by atoms with Gasteiger partial charge in [-0.15, -0.1) is 0 Å². The first kappa shape index (κ1) is 9.89. The van der Waals surface area contributed by atoms with Gasteiger partial charge in [-0.1, -0.05) is 0 Å². The van der Waals surface area contributed by atoms with E-state index in [1.807, 2.05) is 6.92 Å². The van der Waals surface area contributed by atoms with E-state index in [0.717, 1.165) is 43.4 Å². The predicted octanol–water partition coefficient (Wildman–Crippen LogP) is 0.439. The molecule has 0 unspecified atom stereocenters. The summed E-state index contributed by atoms with van der Waals surface area (Å²) in [4.78, 5) is 2.42. The van der Waals surface area contributed by atoms with E-state index in [2.05, 4.69) is 14.6 Å². The molecule has 1 aliphatic heterocycles. The Kier molecular flexibility index (Phi) is 3.00. The summed E-state index contributed by atoms with van der Waals surface area (Å²) in [6.45, 7) is 7.36. The first-order valence-electron chi connectivity index (χ1n) is 4.91. The van der Waals surface area contributed by atoms with Crippen molar-refractivity contribution in [1.29, 1.82) is 0 Å². The quantitative estimate of drug-likeness (QED) is 0.747. The molecule has 0 aliphatic carbocycles. The van der Waals surface area contributed by atoms with Crippen molar-refractivity contribution in [2.24, 2.45) is 0 Å². The van der Waals surface area contributed by atoms with Crippen molar-refractivity contribution in [3.63, 3.8) is 0 Å². The summed E-state index contributed by atoms with van der Waals surface area (Å²) in [6, 6.07) is 0. The van der Waals surface area contributed by atoms with Gasteiger partial charge in [0.2, 0.25) is 0 Å². The van der Waals surface area contributed by atoms with Gasteiger partial charge in [-0.2, -0.15) is 4.37 Å². The van der Waals surface area contributed by atoms with Crippen LogP contribution >= 0.6 is 11.5 Å². The van der Waals surface area contributed by atoms with Crippen molar-refractivity contribution in [2.45, 2.75) is 13.5 Å². The van der Waals surface area contributed by atoms with Gasteiger partial charge in [0.1, 0.15) is 5.00 Å². The number of aromatic nitrogens is 1. The minimum Gasteiger partial charge on any atom is -0.389 e. The lowest BCUT2D eigenvalue weighted by atomic mass is 10.2. The van der Waals surface area contributed by atoms with Crippen LogP contribution in [0.2, 0.25) is 0 Å². The van der Waals surface area contributed by atoms with Crippen molar-refractivity contribution in [1.82, 2.24) is 14.6 Å². The molecule has 2 rings (SSSR count). The molecule has 4 nitrogen and oxygen atoms in total. The van der Waals surface area contributed by atoms with E-state index < -0.39 is 0 Å². The maximum absolute atomic E-state index is 5.87. The maximum Gasteiger partial charge on any atom is 0.111 e. The van der Waals surface area contributed by atoms with Gasteiger partial charge in [0.15, 0.2) is 0 Å². The van der Waals surface area contributed by atoms with Gasteiger partial charge in [0.25, 0.3) is 0 Å². The fraction of sp³-hybridized carbons (Fsp3) is 0.667. The Morgan fingerprint density at radius 3 is 2.79 bits per heavy atom. The SMILES string of the molecule is Cc1nsc(N)c1CN1CCNCC1. The average Bonchev–Trinajstić information content (AvgIpc) is 2.51. The molecular weight excluding hydrogens is 196 g/mol. The zero-order valence-electron chi connectivity index (χ0n) is 8.42. The number of nitrogens with two attached hydrogens (primary N) is 1. The van der Waals surface area contributed by atoms with Crippen molar-refractivity contribution >= 4 is 16.5 Å². The number of nitrogen functional groups attached to an aromatic ring is 1. The highest BCUT2D eigenvalue weighted by molar-refractivity contribution is 7.10. The third kappa shape index (κ3) is 2.05. The molecule has 0 saturated carbocycles. The molecule has 1 aromatic heterocycles. The molecule has 1 aliphatic rings. The summed E-state index contributed by atoms with van der Waals surface area (Å²) in [5.41, 5.74) is 8.18. The Morgan fingerprint density at radius 1 is 1.50 bits per heavy atom. The first-order chi connectivity index (χ1) is 6.77. The van der Waals surface area contributed by atoms with Gasteiger partial charge in [-0.25, -0.2) is 0 Å². The minimum absolute atomic E-state index is 0.876. The summed E-state index contributed by atoms with van der Waals surface area (Å²) < 4.78 is 4.26. The Labute approximate surface area is 88.3 Å². The smallest absolute Gasteiger partial charge is 0.111 e. The molecule has 0 atom stereocenters. The second-order valence-electron chi connectivity index (χ2n) is 3.64. The lowest BCUT2D eigenvalue weighted by Gasteiger charge is -2.27. The molecule has 1 saturated heterocycles. The number of rotatable bonds is 2. The van der Waals surface area contributed by atoms with Crippen LogP contribution in [0.3, 0.4) is 0 Å². The number of nitrogens with zero attached hydrogens (tertiary/aromatic N) is 2. The molecule has 14 heavy (non-hydrogen) atoms. The van der Waals surface area contributed by atoms with E-state index in [1.54, 1.807) is 0 Å². The number of hydrogen-bond acceptors (Lipinski definition) is 5. The van der Waals surface area contributed by atoms with Crippen molar-refractivity contribution in [3.8, 4) is 0 Å². The van der Waals surface area contributed by atoms with Crippen LogP contribution < -0.4 is 11.1 Å². The number of hydrogen-bond donors (Lipinski definition) is 2. The van der Waals surface area contributed by atoms with E-state index >= 15 is 0 Å². The topological polar surface area (TPSA) is 54.2 Å². The van der Waals surface area contributed by atoms with Crippen molar-refractivity contribution in [3.05, 3.63) is 11.3 Å². The monoisotopic (exact) mass is 212 g/mol. The standard InChI is InChI=1S/C9H16N4S/c1-7-8(9(10)14-12-7)6-13-4-2-11-3-5-13/h11H,2-6,10H2,1H3. The van der Waals surface area contributed by atoms with Gasteiger partial charge < -0.3 is 11.1 Å². The van der Waals surface area contributed by atoms with Crippen LogP contribution in [-0.4, -0.2) is 35.5 Å². The van der Waals surface area contributed by atoms with E-state index in [-0.39, 0.29) is 0 Å². The fourth-order valence-electron chi connectivity index (χ4n) is 1.69. The van der Waals surface area contributed by atoms with Crippen LogP contribution in [0.4, 0.5) is 5.00 Å². The first-order valence-corrected chi connectivity index (χ1v) is 5.68. The molecule has 0 spiro atoms. The molecule has 2 heterocycles. The van der Waals surface area contributed by atoms with Crippen LogP contribution in [0.1, 0.15) is 11.3 Å². The molecule has 0 aromatic carbocycles. The second-order valence-corrected chi connectivity index (χ2v) is 4.44. The van der Waals surface area contributed by atoms with Crippen LogP contribution in [0.25, 0.3) is 0 Å². The van der Waals surface area contributed by atoms with Gasteiger partial charge >= 0.3 is 0 Å². The zero-order valence-corrected chi connectivity index (χ0v) is 9.23. The summed E-state index contributed by atoms with van der Waals surface area (Å²) in [5.74, 6) is 0. The van der Waals surface area contributed by atoms with E-state index in [9.17, 15) is 0 Å². The largest absolute Gasteiger partial charge is 0.389 e. The predicted molar refractivity (Wildman–Crippen MR) is 59.4 cm³/mol. The summed E-state index contributed by atoms with van der Waals surface area (Å²) >= 11 is 1.41. The highest BCUT2D eigenvalue weighted by Crippen LogP contribution is 2.22. The average molecular weight is 212 g/mol. The molecular formula is C9H16N4S.